The predicted octanol–water partition coefficient (Wildman–Crippen LogP) is 3.12. The van der Waals surface area contributed by atoms with Crippen LogP contribution >= 0.6 is 15.9 Å². The number of ether oxygens (including phenoxy) is 1. The van der Waals surface area contributed by atoms with Crippen molar-refractivity contribution in [3.05, 3.63) is 22.8 Å². The predicted molar refractivity (Wildman–Crippen MR) is 79.3 cm³/mol. The van der Waals surface area contributed by atoms with E-state index in [1.54, 1.807) is 13.2 Å². The number of nitrogens with one attached hydrogen (secondary N) is 1. The normalized spacial score (nSPS) is 11.0. The second-order valence-corrected chi connectivity index (χ2v) is 6.11. The summed E-state index contributed by atoms with van der Waals surface area (Å²) in [5.74, 6) is 0.779. The van der Waals surface area contributed by atoms with Crippen molar-refractivity contribution in [3.8, 4) is 0 Å². The number of anilines is 1. The summed E-state index contributed by atoms with van der Waals surface area (Å²) < 4.78 is 6.19. The molecule has 0 saturated carbocycles. The lowest BCUT2D eigenvalue weighted by Crippen LogP contribution is -2.36. The van der Waals surface area contributed by atoms with E-state index in [1.165, 1.54) is 4.90 Å². The maximum absolute atomic E-state index is 11.7. The van der Waals surface area contributed by atoms with Gasteiger partial charge < -0.3 is 15.0 Å². The van der Waals surface area contributed by atoms with Crippen molar-refractivity contribution in [2.45, 2.75) is 26.4 Å². The van der Waals surface area contributed by atoms with Gasteiger partial charge in [0.15, 0.2) is 0 Å². The van der Waals surface area contributed by atoms with Crippen LogP contribution in [0.3, 0.4) is 0 Å². The molecule has 0 spiro atoms. The number of hydrogen-bond donors (Lipinski definition) is 1. The third-order valence-electron chi connectivity index (χ3n) is 2.19. The molecule has 0 aliphatic carbocycles. The summed E-state index contributed by atoms with van der Waals surface area (Å²) >= 11 is 3.32. The van der Waals surface area contributed by atoms with Gasteiger partial charge in [0.05, 0.1) is 0 Å². The SMILES string of the molecule is CN(CCNc1ccc(Br)cn1)C(=O)OC(C)(C)C. The molecule has 1 N–H and O–H groups in total. The van der Waals surface area contributed by atoms with E-state index in [0.717, 1.165) is 10.3 Å². The van der Waals surface area contributed by atoms with Crippen molar-refractivity contribution in [2.75, 3.05) is 25.5 Å². The van der Waals surface area contributed by atoms with Gasteiger partial charge in [0.1, 0.15) is 11.4 Å². The van der Waals surface area contributed by atoms with E-state index in [9.17, 15) is 4.79 Å². The monoisotopic (exact) mass is 329 g/mol. The molecule has 0 aromatic carbocycles. The molecule has 0 bridgehead atoms. The molecule has 0 radical (unpaired) electrons. The lowest BCUT2D eigenvalue weighted by atomic mass is 10.2. The zero-order valence-corrected chi connectivity index (χ0v) is 13.3. The Balaban J connectivity index is 2.32. The fraction of sp³-hybridized carbons (Fsp3) is 0.538. The molecule has 1 rings (SSSR count). The zero-order valence-electron chi connectivity index (χ0n) is 11.7. The Bertz CT molecular complexity index is 415. The highest BCUT2D eigenvalue weighted by atomic mass is 79.9. The average molecular weight is 330 g/mol. The Morgan fingerprint density at radius 1 is 1.47 bits per heavy atom. The van der Waals surface area contributed by atoms with Crippen LogP contribution in [0.15, 0.2) is 22.8 Å². The van der Waals surface area contributed by atoms with Gasteiger partial charge in [-0.1, -0.05) is 0 Å². The first kappa shape index (κ1) is 15.8. The van der Waals surface area contributed by atoms with Crippen LogP contribution in [0.1, 0.15) is 20.8 Å². The van der Waals surface area contributed by atoms with Crippen LogP contribution < -0.4 is 5.32 Å². The van der Waals surface area contributed by atoms with Gasteiger partial charge in [-0.25, -0.2) is 9.78 Å². The first-order chi connectivity index (χ1) is 8.78. The maximum atomic E-state index is 11.7. The molecule has 0 saturated heterocycles. The summed E-state index contributed by atoms with van der Waals surface area (Å²) in [5.41, 5.74) is -0.466. The van der Waals surface area contributed by atoms with Crippen LogP contribution in [0.5, 0.6) is 0 Å². The number of likely N-dealkylation sites (N-methyl/N-ethyl adjacent to an activating group) is 1. The van der Waals surface area contributed by atoms with E-state index < -0.39 is 5.60 Å². The Morgan fingerprint density at radius 3 is 2.68 bits per heavy atom. The number of aromatic nitrogens is 1. The first-order valence-electron chi connectivity index (χ1n) is 6.07. The highest BCUT2D eigenvalue weighted by Crippen LogP contribution is 2.11. The van der Waals surface area contributed by atoms with Crippen LogP contribution in [0.4, 0.5) is 10.6 Å². The van der Waals surface area contributed by atoms with Crippen molar-refractivity contribution < 1.29 is 9.53 Å². The van der Waals surface area contributed by atoms with Crippen molar-refractivity contribution in [2.24, 2.45) is 0 Å². The lowest BCUT2D eigenvalue weighted by Gasteiger charge is -2.24. The molecule has 1 aromatic rings. The average Bonchev–Trinajstić information content (AvgIpc) is 2.29. The van der Waals surface area contributed by atoms with Gasteiger partial charge in [0.25, 0.3) is 0 Å². The second kappa shape index (κ2) is 6.75. The lowest BCUT2D eigenvalue weighted by molar-refractivity contribution is 0.0305. The summed E-state index contributed by atoms with van der Waals surface area (Å²) in [7, 11) is 1.71. The van der Waals surface area contributed by atoms with Gasteiger partial charge in [-0.05, 0) is 48.8 Å². The van der Waals surface area contributed by atoms with Crippen molar-refractivity contribution in [1.82, 2.24) is 9.88 Å². The van der Waals surface area contributed by atoms with Gasteiger partial charge in [-0.3, -0.25) is 0 Å². The van der Waals surface area contributed by atoms with Crippen LogP contribution in [0.25, 0.3) is 0 Å². The minimum absolute atomic E-state index is 0.321. The Morgan fingerprint density at radius 2 is 2.16 bits per heavy atom. The molecular weight excluding hydrogens is 310 g/mol. The largest absolute Gasteiger partial charge is 0.444 e. The van der Waals surface area contributed by atoms with E-state index in [-0.39, 0.29) is 6.09 Å². The van der Waals surface area contributed by atoms with Crippen molar-refractivity contribution in [3.63, 3.8) is 0 Å². The van der Waals surface area contributed by atoms with E-state index in [0.29, 0.717) is 13.1 Å². The van der Waals surface area contributed by atoms with Gasteiger partial charge in [0, 0.05) is 30.8 Å². The minimum Gasteiger partial charge on any atom is -0.444 e. The van der Waals surface area contributed by atoms with Gasteiger partial charge >= 0.3 is 6.09 Å². The fourth-order valence-electron chi connectivity index (χ4n) is 1.26. The third-order valence-corrected chi connectivity index (χ3v) is 2.65. The van der Waals surface area contributed by atoms with E-state index in [2.05, 4.69) is 26.2 Å². The van der Waals surface area contributed by atoms with E-state index in [4.69, 9.17) is 4.74 Å². The smallest absolute Gasteiger partial charge is 0.410 e. The van der Waals surface area contributed by atoms with Crippen LogP contribution in [0, 0.1) is 0 Å². The molecule has 106 valence electrons. The summed E-state index contributed by atoms with van der Waals surface area (Å²) in [6.07, 6.45) is 1.40. The topological polar surface area (TPSA) is 54.5 Å². The summed E-state index contributed by atoms with van der Waals surface area (Å²) in [6, 6.07) is 3.78. The van der Waals surface area contributed by atoms with Gasteiger partial charge in [-0.2, -0.15) is 0 Å². The molecular formula is C13H20BrN3O2. The molecule has 6 heteroatoms. The number of carbonyl (C=O) groups excluding carboxylic acids is 1. The van der Waals surface area contributed by atoms with Gasteiger partial charge in [-0.15, -0.1) is 0 Å². The van der Waals surface area contributed by atoms with Crippen LogP contribution in [-0.4, -0.2) is 41.7 Å². The molecule has 0 unspecified atom stereocenters. The Kier molecular flexibility index (Phi) is 5.60. The van der Waals surface area contributed by atoms with Crippen LogP contribution in [-0.2, 0) is 4.74 Å². The third kappa shape index (κ3) is 6.42. The molecule has 1 heterocycles. The molecule has 5 nitrogen and oxygen atoms in total. The van der Waals surface area contributed by atoms with Crippen LogP contribution in [0.2, 0.25) is 0 Å². The first-order valence-corrected chi connectivity index (χ1v) is 6.87. The summed E-state index contributed by atoms with van der Waals surface area (Å²) in [5, 5.41) is 3.14. The molecule has 0 aliphatic rings. The minimum atomic E-state index is -0.466. The number of hydrogen-bond acceptors (Lipinski definition) is 4. The van der Waals surface area contributed by atoms with Crippen molar-refractivity contribution in [1.29, 1.82) is 0 Å². The highest BCUT2D eigenvalue weighted by Gasteiger charge is 2.19. The van der Waals surface area contributed by atoms with Crippen molar-refractivity contribution >= 4 is 27.8 Å². The number of halogens is 1. The molecule has 0 fully saturated rings. The standard InChI is InChI=1S/C13H20BrN3O2/c1-13(2,3)19-12(18)17(4)8-7-15-11-6-5-10(14)9-16-11/h5-6,9H,7-8H2,1-4H3,(H,15,16). The number of amides is 1. The number of pyridine rings is 1. The fourth-order valence-corrected chi connectivity index (χ4v) is 1.50. The quantitative estimate of drug-likeness (QED) is 0.922. The van der Waals surface area contributed by atoms with E-state index >= 15 is 0 Å². The molecule has 1 aromatic heterocycles. The zero-order chi connectivity index (χ0) is 14.5. The summed E-state index contributed by atoms with van der Waals surface area (Å²) in [4.78, 5) is 17.4. The second-order valence-electron chi connectivity index (χ2n) is 5.19. The number of nitrogens with zero attached hydrogens (tertiary/aromatic N) is 2. The molecule has 19 heavy (non-hydrogen) atoms. The van der Waals surface area contributed by atoms with Gasteiger partial charge in [0.2, 0.25) is 0 Å². The molecule has 0 aliphatic heterocycles. The van der Waals surface area contributed by atoms with E-state index in [1.807, 2.05) is 32.9 Å². The Hall–Kier alpha value is -1.30. The molecule has 0 atom stereocenters. The molecule has 1 amide bonds. The maximum Gasteiger partial charge on any atom is 0.410 e. The highest BCUT2D eigenvalue weighted by molar-refractivity contribution is 9.10. The summed E-state index contributed by atoms with van der Waals surface area (Å²) in [6.45, 7) is 6.71. The number of rotatable bonds is 4. The number of carbonyl (C=O) groups is 1. The Labute approximate surface area is 122 Å².